The molecule has 2 heteroatoms. The summed E-state index contributed by atoms with van der Waals surface area (Å²) in [7, 11) is 0. The third-order valence-corrected chi connectivity index (χ3v) is 1.66. The second-order valence-corrected chi connectivity index (χ2v) is 2.79. The minimum atomic E-state index is 0.718. The van der Waals surface area contributed by atoms with Crippen LogP contribution < -0.4 is 0 Å². The first-order chi connectivity index (χ1) is 5.83. The van der Waals surface area contributed by atoms with Crippen LogP contribution in [0.1, 0.15) is 5.56 Å². The van der Waals surface area contributed by atoms with Gasteiger partial charge in [-0.05, 0) is 30.2 Å². The van der Waals surface area contributed by atoms with Crippen LogP contribution in [0.5, 0.6) is 0 Å². The van der Waals surface area contributed by atoms with Crippen LogP contribution in [0.15, 0.2) is 36.4 Å². The van der Waals surface area contributed by atoms with Gasteiger partial charge in [0.15, 0.2) is 0 Å². The maximum atomic E-state index is 9.82. The van der Waals surface area contributed by atoms with Crippen LogP contribution in [0.3, 0.4) is 0 Å². The van der Waals surface area contributed by atoms with E-state index in [1.165, 1.54) is 6.08 Å². The molecule has 1 aromatic rings. The number of allylic oxidation sites excluding steroid dienone is 2. The predicted molar refractivity (Wildman–Crippen MR) is 50.0 cm³/mol. The molecule has 0 N–H and O–H groups in total. The van der Waals surface area contributed by atoms with Crippen LogP contribution >= 0.6 is 11.6 Å². The van der Waals surface area contributed by atoms with Gasteiger partial charge in [0.2, 0.25) is 6.29 Å². The Morgan fingerprint density at radius 1 is 1.50 bits per heavy atom. The van der Waals surface area contributed by atoms with E-state index in [-0.39, 0.29) is 0 Å². The summed E-state index contributed by atoms with van der Waals surface area (Å²) in [6, 6.07) is 7.54. The summed E-state index contributed by atoms with van der Waals surface area (Å²) in [5, 5.41) is 0.719. The van der Waals surface area contributed by atoms with Gasteiger partial charge >= 0.3 is 0 Å². The van der Waals surface area contributed by atoms with Crippen LogP contribution in [0.2, 0.25) is 5.02 Å². The molecule has 0 saturated carbocycles. The summed E-state index contributed by atoms with van der Waals surface area (Å²) in [4.78, 5) is 9.82. The standard InChI is InChI=1S/C10H8ClO/c11-10-6-3-5-9(8-10)4-1-2-7-12/h1-3,5-6,8H,4H2. The fraction of sp³-hybridized carbons (Fsp3) is 0.100. The minimum Gasteiger partial charge on any atom is -0.286 e. The van der Waals surface area contributed by atoms with E-state index in [2.05, 4.69) is 0 Å². The summed E-state index contributed by atoms with van der Waals surface area (Å²) in [6.07, 6.45) is 5.52. The Morgan fingerprint density at radius 3 is 3.00 bits per heavy atom. The van der Waals surface area contributed by atoms with Crippen LogP contribution in [0.25, 0.3) is 0 Å². The van der Waals surface area contributed by atoms with Gasteiger partial charge in [-0.3, -0.25) is 4.79 Å². The lowest BCUT2D eigenvalue weighted by atomic mass is 10.1. The lowest BCUT2D eigenvalue weighted by Crippen LogP contribution is -1.79. The van der Waals surface area contributed by atoms with E-state index in [0.717, 1.165) is 17.0 Å². The van der Waals surface area contributed by atoms with Gasteiger partial charge in [-0.15, -0.1) is 0 Å². The largest absolute Gasteiger partial charge is 0.286 e. The van der Waals surface area contributed by atoms with Gasteiger partial charge < -0.3 is 0 Å². The molecule has 0 amide bonds. The first-order valence-electron chi connectivity index (χ1n) is 3.60. The average Bonchev–Trinajstić information content (AvgIpc) is 2.05. The highest BCUT2D eigenvalue weighted by molar-refractivity contribution is 6.30. The molecule has 0 aliphatic heterocycles. The van der Waals surface area contributed by atoms with Crippen molar-refractivity contribution in [2.75, 3.05) is 0 Å². The lowest BCUT2D eigenvalue weighted by Gasteiger charge is -1.95. The highest BCUT2D eigenvalue weighted by Gasteiger charge is 1.89. The Kier molecular flexibility index (Phi) is 3.55. The molecule has 0 fully saturated rings. The van der Waals surface area contributed by atoms with E-state index in [4.69, 9.17) is 11.6 Å². The van der Waals surface area contributed by atoms with Crippen molar-refractivity contribution >= 4 is 17.9 Å². The Hall–Kier alpha value is -1.08. The van der Waals surface area contributed by atoms with Crippen molar-refractivity contribution in [3.05, 3.63) is 47.0 Å². The zero-order valence-corrected chi connectivity index (χ0v) is 7.21. The Morgan fingerprint density at radius 2 is 2.33 bits per heavy atom. The second-order valence-electron chi connectivity index (χ2n) is 2.35. The van der Waals surface area contributed by atoms with Crippen LogP contribution in [0.4, 0.5) is 0 Å². The molecule has 0 atom stereocenters. The van der Waals surface area contributed by atoms with Gasteiger partial charge in [0.25, 0.3) is 0 Å². The van der Waals surface area contributed by atoms with Crippen molar-refractivity contribution in [2.24, 2.45) is 0 Å². The van der Waals surface area contributed by atoms with Crippen molar-refractivity contribution in [1.29, 1.82) is 0 Å². The topological polar surface area (TPSA) is 17.1 Å². The van der Waals surface area contributed by atoms with Crippen molar-refractivity contribution in [3.8, 4) is 0 Å². The highest BCUT2D eigenvalue weighted by atomic mass is 35.5. The predicted octanol–water partition coefficient (Wildman–Crippen LogP) is 2.55. The quantitative estimate of drug-likeness (QED) is 0.652. The van der Waals surface area contributed by atoms with E-state index in [0.29, 0.717) is 0 Å². The van der Waals surface area contributed by atoms with Gasteiger partial charge in [-0.25, -0.2) is 0 Å². The molecule has 0 spiro atoms. The van der Waals surface area contributed by atoms with Gasteiger partial charge in [0.1, 0.15) is 0 Å². The van der Waals surface area contributed by atoms with Gasteiger partial charge in [-0.2, -0.15) is 0 Å². The van der Waals surface area contributed by atoms with Crippen LogP contribution in [-0.2, 0) is 11.2 Å². The number of benzene rings is 1. The SMILES string of the molecule is O=[C]C=CCc1cccc(Cl)c1. The molecular formula is C10H8ClO. The molecule has 1 rings (SSSR count). The van der Waals surface area contributed by atoms with Gasteiger partial charge in [-0.1, -0.05) is 29.8 Å². The number of rotatable bonds is 3. The zero-order valence-electron chi connectivity index (χ0n) is 6.46. The summed E-state index contributed by atoms with van der Waals surface area (Å²) in [5.74, 6) is 0. The molecule has 0 aliphatic rings. The van der Waals surface area contributed by atoms with Crippen molar-refractivity contribution in [2.45, 2.75) is 6.42 Å². The minimum absolute atomic E-state index is 0.718. The maximum absolute atomic E-state index is 9.82. The lowest BCUT2D eigenvalue weighted by molar-refractivity contribution is 0.564. The molecule has 1 radical (unpaired) electrons. The Bertz CT molecular complexity index is 292. The molecule has 1 aromatic carbocycles. The highest BCUT2D eigenvalue weighted by Crippen LogP contribution is 2.10. The fourth-order valence-corrected chi connectivity index (χ4v) is 1.12. The van der Waals surface area contributed by atoms with Crippen molar-refractivity contribution < 1.29 is 4.79 Å². The van der Waals surface area contributed by atoms with Crippen molar-refractivity contribution in [3.63, 3.8) is 0 Å². The van der Waals surface area contributed by atoms with Crippen LogP contribution in [0, 0.1) is 0 Å². The molecule has 0 aliphatic carbocycles. The fourth-order valence-electron chi connectivity index (χ4n) is 0.907. The van der Waals surface area contributed by atoms with E-state index >= 15 is 0 Å². The molecule has 61 valence electrons. The summed E-state index contributed by atoms with van der Waals surface area (Å²) in [5.41, 5.74) is 1.09. The first kappa shape index (κ1) is 9.01. The van der Waals surface area contributed by atoms with Gasteiger partial charge in [0, 0.05) is 5.02 Å². The molecule has 1 nitrogen and oxygen atoms in total. The molecule has 12 heavy (non-hydrogen) atoms. The monoisotopic (exact) mass is 179 g/mol. The molecule has 0 saturated heterocycles. The molecular weight excluding hydrogens is 172 g/mol. The summed E-state index contributed by atoms with van der Waals surface area (Å²) >= 11 is 5.76. The molecule has 0 bridgehead atoms. The first-order valence-corrected chi connectivity index (χ1v) is 3.98. The van der Waals surface area contributed by atoms with E-state index in [1.807, 2.05) is 24.3 Å². The smallest absolute Gasteiger partial charge is 0.225 e. The van der Waals surface area contributed by atoms with Crippen LogP contribution in [-0.4, -0.2) is 6.29 Å². The summed E-state index contributed by atoms with van der Waals surface area (Å²) in [6.45, 7) is 0. The molecule has 0 heterocycles. The van der Waals surface area contributed by atoms with E-state index in [9.17, 15) is 4.79 Å². The molecule has 0 unspecified atom stereocenters. The number of hydrogen-bond acceptors (Lipinski definition) is 1. The average molecular weight is 180 g/mol. The van der Waals surface area contributed by atoms with E-state index in [1.54, 1.807) is 12.4 Å². The Labute approximate surface area is 76.7 Å². The zero-order chi connectivity index (χ0) is 8.81. The number of hydrogen-bond donors (Lipinski definition) is 0. The number of halogens is 1. The summed E-state index contributed by atoms with van der Waals surface area (Å²) < 4.78 is 0. The van der Waals surface area contributed by atoms with Gasteiger partial charge in [0.05, 0.1) is 0 Å². The third kappa shape index (κ3) is 2.89. The van der Waals surface area contributed by atoms with E-state index < -0.39 is 0 Å². The number of carbonyl (C=O) groups excluding carboxylic acids is 1. The second kappa shape index (κ2) is 4.73. The third-order valence-electron chi connectivity index (χ3n) is 1.43. The molecule has 0 aromatic heterocycles. The van der Waals surface area contributed by atoms with Crippen molar-refractivity contribution in [1.82, 2.24) is 0 Å². The normalized spacial score (nSPS) is 10.4. The Balaban J connectivity index is 2.63. The maximum Gasteiger partial charge on any atom is 0.225 e.